The quantitative estimate of drug-likeness (QED) is 0.776. The first-order chi connectivity index (χ1) is 9.72. The zero-order valence-electron chi connectivity index (χ0n) is 11.4. The van der Waals surface area contributed by atoms with Crippen molar-refractivity contribution in [3.05, 3.63) is 51.0 Å². The molecule has 0 atom stereocenters. The van der Waals surface area contributed by atoms with Crippen LogP contribution in [0.3, 0.4) is 0 Å². The maximum absolute atomic E-state index is 12.5. The summed E-state index contributed by atoms with van der Waals surface area (Å²) in [6.45, 7) is 3.64. The van der Waals surface area contributed by atoms with Gasteiger partial charge < -0.3 is 5.73 Å². The van der Waals surface area contributed by atoms with Gasteiger partial charge in [0.15, 0.2) is 0 Å². The minimum Gasteiger partial charge on any atom is -0.398 e. The zero-order chi connectivity index (χ0) is 15.8. The van der Waals surface area contributed by atoms with Crippen LogP contribution >= 0.6 is 27.5 Å². The first kappa shape index (κ1) is 16.1. The molecule has 112 valence electrons. The molecular formula is C14H14BrClN2O2S. The van der Waals surface area contributed by atoms with Gasteiger partial charge in [-0.3, -0.25) is 4.72 Å². The molecule has 0 saturated heterocycles. The Morgan fingerprint density at radius 1 is 1.19 bits per heavy atom. The number of rotatable bonds is 3. The van der Waals surface area contributed by atoms with Gasteiger partial charge in [-0.1, -0.05) is 23.7 Å². The van der Waals surface area contributed by atoms with Crippen LogP contribution in [0, 0.1) is 13.8 Å². The molecule has 0 aliphatic heterocycles. The fraction of sp³-hybridized carbons (Fsp3) is 0.143. The minimum absolute atomic E-state index is 0.0410. The van der Waals surface area contributed by atoms with Crippen LogP contribution in [0.4, 0.5) is 11.4 Å². The highest BCUT2D eigenvalue weighted by molar-refractivity contribution is 9.10. The predicted molar refractivity (Wildman–Crippen MR) is 90.3 cm³/mol. The Bertz CT molecular complexity index is 807. The average molecular weight is 390 g/mol. The summed E-state index contributed by atoms with van der Waals surface area (Å²) in [4.78, 5) is -0.0410. The fourth-order valence-corrected chi connectivity index (χ4v) is 3.99. The lowest BCUT2D eigenvalue weighted by atomic mass is 10.2. The van der Waals surface area contributed by atoms with Crippen molar-refractivity contribution >= 4 is 48.9 Å². The summed E-state index contributed by atoms with van der Waals surface area (Å²) in [6, 6.07) is 8.21. The summed E-state index contributed by atoms with van der Waals surface area (Å²) in [5.74, 6) is 0. The number of anilines is 2. The molecule has 2 rings (SSSR count). The molecule has 0 spiro atoms. The summed E-state index contributed by atoms with van der Waals surface area (Å²) in [5.41, 5.74) is 8.25. The van der Waals surface area contributed by atoms with Gasteiger partial charge in [0.2, 0.25) is 0 Å². The molecule has 0 unspecified atom stereocenters. The van der Waals surface area contributed by atoms with Crippen LogP contribution in [0.1, 0.15) is 11.1 Å². The smallest absolute Gasteiger partial charge is 0.263 e. The highest BCUT2D eigenvalue weighted by Crippen LogP contribution is 2.31. The zero-order valence-corrected chi connectivity index (χ0v) is 14.6. The third kappa shape index (κ3) is 3.33. The molecule has 21 heavy (non-hydrogen) atoms. The number of hydrogen-bond donors (Lipinski definition) is 2. The molecule has 0 radical (unpaired) electrons. The van der Waals surface area contributed by atoms with Gasteiger partial charge in [0, 0.05) is 10.2 Å². The Hall–Kier alpha value is -1.24. The van der Waals surface area contributed by atoms with Crippen molar-refractivity contribution in [3.63, 3.8) is 0 Å². The maximum Gasteiger partial charge on any atom is 0.263 e. The van der Waals surface area contributed by atoms with Crippen LogP contribution in [0.15, 0.2) is 39.7 Å². The molecular weight excluding hydrogens is 376 g/mol. The molecule has 0 heterocycles. The van der Waals surface area contributed by atoms with Gasteiger partial charge in [-0.25, -0.2) is 8.42 Å². The predicted octanol–water partition coefficient (Wildman–Crippen LogP) is 4.10. The lowest BCUT2D eigenvalue weighted by Crippen LogP contribution is -2.14. The summed E-state index contributed by atoms with van der Waals surface area (Å²) >= 11 is 9.40. The second-order valence-corrected chi connectivity index (χ2v) is 7.53. The molecule has 0 aliphatic carbocycles. The van der Waals surface area contributed by atoms with Crippen LogP contribution in [0.25, 0.3) is 0 Å². The lowest BCUT2D eigenvalue weighted by molar-refractivity contribution is 0.601. The van der Waals surface area contributed by atoms with Crippen molar-refractivity contribution in [2.75, 3.05) is 10.5 Å². The normalized spacial score (nSPS) is 11.4. The summed E-state index contributed by atoms with van der Waals surface area (Å²) < 4.78 is 28.2. The van der Waals surface area contributed by atoms with E-state index in [0.717, 1.165) is 11.1 Å². The van der Waals surface area contributed by atoms with Crippen LogP contribution < -0.4 is 10.5 Å². The van der Waals surface area contributed by atoms with Crippen molar-refractivity contribution in [2.45, 2.75) is 18.7 Å². The Morgan fingerprint density at radius 3 is 2.52 bits per heavy atom. The van der Waals surface area contributed by atoms with Gasteiger partial charge in [-0.05, 0) is 59.1 Å². The number of aryl methyl sites for hydroxylation is 2. The van der Waals surface area contributed by atoms with E-state index in [1.54, 1.807) is 19.1 Å². The van der Waals surface area contributed by atoms with Crippen molar-refractivity contribution in [1.82, 2.24) is 0 Å². The fourth-order valence-electron chi connectivity index (χ4n) is 1.80. The SMILES string of the molecule is Cc1cc(Cl)c(S(=O)(=O)Nc2cccc(C)c2Br)cc1N. The Labute approximate surface area is 137 Å². The molecule has 0 saturated carbocycles. The number of halogens is 2. The van der Waals surface area contributed by atoms with Crippen molar-refractivity contribution in [3.8, 4) is 0 Å². The van der Waals surface area contributed by atoms with Gasteiger partial charge in [0.1, 0.15) is 4.90 Å². The lowest BCUT2D eigenvalue weighted by Gasteiger charge is -2.13. The first-order valence-electron chi connectivity index (χ1n) is 6.06. The Kier molecular flexibility index (Phi) is 4.51. The second kappa shape index (κ2) is 5.87. The van der Waals surface area contributed by atoms with Gasteiger partial charge in [-0.15, -0.1) is 0 Å². The van der Waals surface area contributed by atoms with E-state index in [4.69, 9.17) is 17.3 Å². The minimum atomic E-state index is -3.81. The van der Waals surface area contributed by atoms with E-state index >= 15 is 0 Å². The van der Waals surface area contributed by atoms with Crippen LogP contribution in [0.2, 0.25) is 5.02 Å². The monoisotopic (exact) mass is 388 g/mol. The van der Waals surface area contributed by atoms with Crippen molar-refractivity contribution in [2.24, 2.45) is 0 Å². The van der Waals surface area contributed by atoms with E-state index in [9.17, 15) is 8.42 Å². The van der Waals surface area contributed by atoms with Gasteiger partial charge >= 0.3 is 0 Å². The van der Waals surface area contributed by atoms with Gasteiger partial charge in [0.05, 0.1) is 10.7 Å². The molecule has 0 aliphatic rings. The second-order valence-electron chi connectivity index (χ2n) is 4.68. The van der Waals surface area contributed by atoms with Crippen molar-refractivity contribution in [1.29, 1.82) is 0 Å². The third-order valence-corrected chi connectivity index (χ3v) is 5.93. The van der Waals surface area contributed by atoms with E-state index in [1.165, 1.54) is 12.1 Å². The average Bonchev–Trinajstić information content (AvgIpc) is 2.39. The van der Waals surface area contributed by atoms with Crippen LogP contribution in [-0.2, 0) is 10.0 Å². The summed E-state index contributed by atoms with van der Waals surface area (Å²) in [7, 11) is -3.81. The number of hydrogen-bond acceptors (Lipinski definition) is 3. The number of sulfonamides is 1. The number of benzene rings is 2. The molecule has 0 aromatic heterocycles. The Balaban J connectivity index is 2.48. The molecule has 2 aromatic rings. The molecule has 0 amide bonds. The molecule has 0 bridgehead atoms. The topological polar surface area (TPSA) is 72.2 Å². The van der Waals surface area contributed by atoms with Crippen molar-refractivity contribution < 1.29 is 8.42 Å². The standard InChI is InChI=1S/C14H14BrClN2O2S/c1-8-4-3-5-12(14(8)15)18-21(19,20)13-7-11(17)9(2)6-10(13)16/h3-7,18H,17H2,1-2H3. The number of nitrogens with one attached hydrogen (secondary N) is 1. The summed E-state index contributed by atoms with van der Waals surface area (Å²) in [5, 5.41) is 0.137. The highest BCUT2D eigenvalue weighted by Gasteiger charge is 2.20. The molecule has 7 heteroatoms. The largest absolute Gasteiger partial charge is 0.398 e. The van der Waals surface area contributed by atoms with E-state index in [1.807, 2.05) is 13.0 Å². The maximum atomic E-state index is 12.5. The van der Waals surface area contributed by atoms with E-state index in [0.29, 0.717) is 15.8 Å². The third-order valence-electron chi connectivity index (χ3n) is 3.05. The molecule has 0 fully saturated rings. The number of nitrogen functional groups attached to an aromatic ring is 1. The van der Waals surface area contributed by atoms with Crippen LogP contribution in [0.5, 0.6) is 0 Å². The van der Waals surface area contributed by atoms with Gasteiger partial charge in [-0.2, -0.15) is 0 Å². The van der Waals surface area contributed by atoms with Crippen LogP contribution in [-0.4, -0.2) is 8.42 Å². The first-order valence-corrected chi connectivity index (χ1v) is 8.71. The molecule has 3 N–H and O–H groups in total. The molecule has 4 nitrogen and oxygen atoms in total. The molecule has 2 aromatic carbocycles. The highest BCUT2D eigenvalue weighted by atomic mass is 79.9. The number of nitrogens with two attached hydrogens (primary N) is 1. The summed E-state index contributed by atoms with van der Waals surface area (Å²) in [6.07, 6.45) is 0. The van der Waals surface area contributed by atoms with E-state index < -0.39 is 10.0 Å². The Morgan fingerprint density at radius 2 is 1.86 bits per heavy atom. The van der Waals surface area contributed by atoms with E-state index in [-0.39, 0.29) is 9.92 Å². The van der Waals surface area contributed by atoms with E-state index in [2.05, 4.69) is 20.7 Å². The van der Waals surface area contributed by atoms with Gasteiger partial charge in [0.25, 0.3) is 10.0 Å².